The maximum atomic E-state index is 11.9. The number of carbonyl (C=O) groups excluding carboxylic acids is 1. The van der Waals surface area contributed by atoms with Crippen molar-refractivity contribution in [2.75, 3.05) is 6.54 Å². The van der Waals surface area contributed by atoms with Gasteiger partial charge in [0.1, 0.15) is 0 Å². The van der Waals surface area contributed by atoms with Gasteiger partial charge in [-0.1, -0.05) is 38.1 Å². The molecule has 2 rings (SSSR count). The fourth-order valence-corrected chi connectivity index (χ4v) is 2.28. The summed E-state index contributed by atoms with van der Waals surface area (Å²) in [7, 11) is 0. The van der Waals surface area contributed by atoms with Crippen LogP contribution in [0.5, 0.6) is 0 Å². The Labute approximate surface area is 132 Å². The van der Waals surface area contributed by atoms with Crippen molar-refractivity contribution < 1.29 is 9.21 Å². The highest BCUT2D eigenvalue weighted by atomic mass is 79.9. The van der Waals surface area contributed by atoms with Crippen LogP contribution >= 0.6 is 15.9 Å². The molecular weight excluding hydrogens is 332 g/mol. The highest BCUT2D eigenvalue weighted by Crippen LogP contribution is 2.18. The molecule has 5 heteroatoms. The number of nitrogens with two attached hydrogens (primary N) is 1. The van der Waals surface area contributed by atoms with Gasteiger partial charge in [0.2, 0.25) is 0 Å². The Hall–Kier alpha value is -1.59. The molecule has 3 N–H and O–H groups in total. The molecule has 112 valence electrons. The average molecular weight is 351 g/mol. The summed E-state index contributed by atoms with van der Waals surface area (Å²) in [5.41, 5.74) is 8.37. The smallest absolute Gasteiger partial charge is 0.287 e. The lowest BCUT2D eigenvalue weighted by atomic mass is 9.99. The summed E-state index contributed by atoms with van der Waals surface area (Å²) in [6.07, 6.45) is 0. The van der Waals surface area contributed by atoms with E-state index in [0.29, 0.717) is 17.1 Å². The lowest BCUT2D eigenvalue weighted by molar-refractivity contribution is 0.0922. The Morgan fingerprint density at radius 2 is 1.81 bits per heavy atom. The van der Waals surface area contributed by atoms with Crippen molar-refractivity contribution in [3.05, 3.63) is 58.0 Å². The Kier molecular flexibility index (Phi) is 5.20. The van der Waals surface area contributed by atoms with Crippen molar-refractivity contribution >= 4 is 21.8 Å². The van der Waals surface area contributed by atoms with Crippen molar-refractivity contribution in [1.29, 1.82) is 0 Å². The number of furan rings is 1. The number of amides is 1. The summed E-state index contributed by atoms with van der Waals surface area (Å²) in [6, 6.07) is 11.2. The van der Waals surface area contributed by atoms with E-state index in [0.717, 1.165) is 5.56 Å². The molecule has 0 saturated carbocycles. The first-order valence-electron chi connectivity index (χ1n) is 6.86. The van der Waals surface area contributed by atoms with E-state index in [-0.39, 0.29) is 17.7 Å². The van der Waals surface area contributed by atoms with Crippen LogP contribution in [0.2, 0.25) is 0 Å². The zero-order chi connectivity index (χ0) is 15.4. The Morgan fingerprint density at radius 3 is 2.33 bits per heavy atom. The van der Waals surface area contributed by atoms with Gasteiger partial charge < -0.3 is 15.5 Å². The van der Waals surface area contributed by atoms with Gasteiger partial charge in [0, 0.05) is 12.6 Å². The molecule has 0 aliphatic carbocycles. The lowest BCUT2D eigenvalue weighted by Crippen LogP contribution is -2.31. The molecule has 0 saturated heterocycles. The quantitative estimate of drug-likeness (QED) is 0.865. The van der Waals surface area contributed by atoms with Gasteiger partial charge in [-0.05, 0) is 45.1 Å². The predicted octanol–water partition coefficient (Wildman–Crippen LogP) is 3.60. The third-order valence-electron chi connectivity index (χ3n) is 3.31. The van der Waals surface area contributed by atoms with Gasteiger partial charge in [-0.25, -0.2) is 0 Å². The second-order valence-corrected chi connectivity index (χ2v) is 6.02. The van der Waals surface area contributed by atoms with E-state index < -0.39 is 0 Å². The molecule has 1 aromatic carbocycles. The molecule has 0 spiro atoms. The molecule has 0 fully saturated rings. The predicted molar refractivity (Wildman–Crippen MR) is 86.2 cm³/mol. The molecule has 0 aliphatic rings. The summed E-state index contributed by atoms with van der Waals surface area (Å²) in [6.45, 7) is 4.66. The highest BCUT2D eigenvalue weighted by molar-refractivity contribution is 9.10. The van der Waals surface area contributed by atoms with Crippen molar-refractivity contribution in [1.82, 2.24) is 5.32 Å². The first-order valence-corrected chi connectivity index (χ1v) is 7.65. The molecule has 2 aromatic rings. The van der Waals surface area contributed by atoms with Gasteiger partial charge in [0.25, 0.3) is 5.91 Å². The Balaban J connectivity index is 1.92. The summed E-state index contributed by atoms with van der Waals surface area (Å²) < 4.78 is 5.72. The Bertz CT molecular complexity index is 605. The fraction of sp³-hybridized carbons (Fsp3) is 0.312. The van der Waals surface area contributed by atoms with Crippen LogP contribution in [0, 0.1) is 0 Å². The Morgan fingerprint density at radius 1 is 1.19 bits per heavy atom. The second kappa shape index (κ2) is 6.91. The van der Waals surface area contributed by atoms with Crippen molar-refractivity contribution in [2.45, 2.75) is 25.8 Å². The number of rotatable bonds is 5. The van der Waals surface area contributed by atoms with E-state index in [1.54, 1.807) is 12.1 Å². The molecule has 0 aliphatic heterocycles. The van der Waals surface area contributed by atoms with Crippen LogP contribution in [0.1, 0.15) is 47.5 Å². The molecule has 1 heterocycles. The molecule has 21 heavy (non-hydrogen) atoms. The summed E-state index contributed by atoms with van der Waals surface area (Å²) in [5.74, 6) is 0.492. The molecule has 0 bridgehead atoms. The topological polar surface area (TPSA) is 68.3 Å². The van der Waals surface area contributed by atoms with Crippen molar-refractivity contribution in [3.63, 3.8) is 0 Å². The maximum Gasteiger partial charge on any atom is 0.287 e. The molecule has 1 atom stereocenters. The second-order valence-electron chi connectivity index (χ2n) is 5.24. The first-order chi connectivity index (χ1) is 9.97. The largest absolute Gasteiger partial charge is 0.444 e. The van der Waals surface area contributed by atoms with Gasteiger partial charge in [-0.15, -0.1) is 0 Å². The third kappa shape index (κ3) is 4.19. The van der Waals surface area contributed by atoms with E-state index in [1.807, 2.05) is 12.1 Å². The van der Waals surface area contributed by atoms with Crippen molar-refractivity contribution in [2.24, 2.45) is 5.73 Å². The zero-order valence-corrected chi connectivity index (χ0v) is 13.7. The third-order valence-corrected chi connectivity index (χ3v) is 3.74. The number of benzene rings is 1. The first kappa shape index (κ1) is 15.8. The van der Waals surface area contributed by atoms with Gasteiger partial charge in [0.05, 0.1) is 0 Å². The molecule has 1 unspecified atom stereocenters. The van der Waals surface area contributed by atoms with Crippen LogP contribution in [0.3, 0.4) is 0 Å². The number of nitrogens with one attached hydrogen (secondary N) is 1. The summed E-state index contributed by atoms with van der Waals surface area (Å²) >= 11 is 3.16. The minimum Gasteiger partial charge on any atom is -0.444 e. The van der Waals surface area contributed by atoms with E-state index in [4.69, 9.17) is 10.2 Å². The summed E-state index contributed by atoms with van der Waals surface area (Å²) in [5, 5.41) is 2.77. The SMILES string of the molecule is CC(C)c1ccc(C(N)CNC(=O)c2ccc(Br)o2)cc1. The number of hydrogen-bond donors (Lipinski definition) is 2. The van der Waals surface area contributed by atoms with Crippen LogP contribution in [0.15, 0.2) is 45.5 Å². The standard InChI is InChI=1S/C16H19BrN2O2/c1-10(2)11-3-5-12(6-4-11)13(18)9-19-16(20)14-7-8-15(17)21-14/h3-8,10,13H,9,18H2,1-2H3,(H,19,20). The summed E-state index contributed by atoms with van der Waals surface area (Å²) in [4.78, 5) is 11.9. The molecule has 4 nitrogen and oxygen atoms in total. The lowest BCUT2D eigenvalue weighted by Gasteiger charge is -2.14. The monoisotopic (exact) mass is 350 g/mol. The van der Waals surface area contributed by atoms with Crippen molar-refractivity contribution in [3.8, 4) is 0 Å². The normalized spacial score (nSPS) is 12.4. The van der Waals surface area contributed by atoms with Gasteiger partial charge in [-0.3, -0.25) is 4.79 Å². The highest BCUT2D eigenvalue weighted by Gasteiger charge is 2.13. The van der Waals surface area contributed by atoms with Crippen LogP contribution < -0.4 is 11.1 Å². The van der Waals surface area contributed by atoms with Crippen LogP contribution in [0.4, 0.5) is 0 Å². The van der Waals surface area contributed by atoms with Gasteiger partial charge >= 0.3 is 0 Å². The molecular formula is C16H19BrN2O2. The number of hydrogen-bond acceptors (Lipinski definition) is 3. The van der Waals surface area contributed by atoms with Crippen LogP contribution in [0.25, 0.3) is 0 Å². The van der Waals surface area contributed by atoms with E-state index in [2.05, 4.69) is 47.2 Å². The molecule has 1 amide bonds. The van der Waals surface area contributed by atoms with Crippen LogP contribution in [-0.4, -0.2) is 12.5 Å². The number of halogens is 1. The zero-order valence-electron chi connectivity index (χ0n) is 12.1. The van der Waals surface area contributed by atoms with Gasteiger partial charge in [0.15, 0.2) is 10.4 Å². The van der Waals surface area contributed by atoms with E-state index >= 15 is 0 Å². The van der Waals surface area contributed by atoms with Gasteiger partial charge in [-0.2, -0.15) is 0 Å². The minimum atomic E-state index is -0.269. The van der Waals surface area contributed by atoms with Crippen LogP contribution in [-0.2, 0) is 0 Å². The average Bonchev–Trinajstić information content (AvgIpc) is 2.91. The maximum absolute atomic E-state index is 11.9. The van der Waals surface area contributed by atoms with E-state index in [9.17, 15) is 4.79 Å². The molecule has 1 aromatic heterocycles. The fourth-order valence-electron chi connectivity index (χ4n) is 1.97. The molecule has 0 radical (unpaired) electrons. The number of carbonyl (C=O) groups is 1. The minimum absolute atomic E-state index is 0.242. The van der Waals surface area contributed by atoms with E-state index in [1.165, 1.54) is 5.56 Å².